The maximum atomic E-state index is 8.67. The molecule has 0 aliphatic heterocycles. The highest BCUT2D eigenvalue weighted by molar-refractivity contribution is 7.99. The van der Waals surface area contributed by atoms with Gasteiger partial charge in [-0.2, -0.15) is 0 Å². The Hall–Kier alpha value is -2.61. The van der Waals surface area contributed by atoms with Crippen molar-refractivity contribution in [3.05, 3.63) is 48.4 Å². The van der Waals surface area contributed by atoms with Gasteiger partial charge in [0.2, 0.25) is 0 Å². The van der Waals surface area contributed by atoms with Crippen LogP contribution in [-0.4, -0.2) is 30.6 Å². The molecule has 100 valence electrons. The first-order valence-electron chi connectivity index (χ1n) is 5.69. The van der Waals surface area contributed by atoms with Crippen LogP contribution in [0.4, 0.5) is 0 Å². The van der Waals surface area contributed by atoms with Crippen molar-refractivity contribution in [3.63, 3.8) is 0 Å². The van der Waals surface area contributed by atoms with Crippen LogP contribution in [0.2, 0.25) is 0 Å². The molecule has 0 saturated heterocycles. The van der Waals surface area contributed by atoms with Crippen LogP contribution in [-0.2, 0) is 0 Å². The molecule has 0 saturated carbocycles. The first-order chi connectivity index (χ1) is 9.78. The van der Waals surface area contributed by atoms with Gasteiger partial charge in [-0.05, 0) is 36.0 Å². The van der Waals surface area contributed by atoms with E-state index >= 15 is 0 Å². The van der Waals surface area contributed by atoms with Gasteiger partial charge >= 0.3 is 0 Å². The van der Waals surface area contributed by atoms with E-state index in [0.29, 0.717) is 5.69 Å². The molecule has 0 radical (unpaired) electrons. The Balaban J connectivity index is 1.95. The minimum Gasteiger partial charge on any atom is -0.409 e. The molecule has 0 aliphatic carbocycles. The highest BCUT2D eigenvalue weighted by Gasteiger charge is 2.08. The molecule has 3 N–H and O–H groups in total. The standard InChI is InChI=1S/C12H10N6OS/c13-11(17-19)9-7-8(4-5-14-9)20-12-16-15-10-3-1-2-6-18(10)12/h1-7,19H,(H2,13,17). The van der Waals surface area contributed by atoms with E-state index in [-0.39, 0.29) is 5.84 Å². The predicted molar refractivity (Wildman–Crippen MR) is 73.9 cm³/mol. The second-order valence-electron chi connectivity index (χ2n) is 3.88. The van der Waals surface area contributed by atoms with E-state index in [1.54, 1.807) is 12.3 Å². The molecule has 0 spiro atoms. The molecular weight excluding hydrogens is 276 g/mol. The molecule has 3 rings (SSSR count). The average Bonchev–Trinajstić information content (AvgIpc) is 2.90. The van der Waals surface area contributed by atoms with Crippen molar-refractivity contribution in [1.29, 1.82) is 0 Å². The Labute approximate surface area is 118 Å². The van der Waals surface area contributed by atoms with Crippen LogP contribution in [0.25, 0.3) is 5.65 Å². The van der Waals surface area contributed by atoms with Crippen LogP contribution in [0.3, 0.4) is 0 Å². The lowest BCUT2D eigenvalue weighted by atomic mass is 10.3. The molecule has 0 aromatic carbocycles. The third-order valence-corrected chi connectivity index (χ3v) is 3.54. The maximum Gasteiger partial charge on any atom is 0.200 e. The number of rotatable bonds is 3. The number of fused-ring (bicyclic) bond motifs is 1. The zero-order chi connectivity index (χ0) is 13.9. The van der Waals surface area contributed by atoms with Crippen LogP contribution in [0.1, 0.15) is 5.69 Å². The number of nitrogens with two attached hydrogens (primary N) is 1. The van der Waals surface area contributed by atoms with Crippen LogP contribution in [0.15, 0.2) is 57.9 Å². The number of nitrogens with zero attached hydrogens (tertiary/aromatic N) is 5. The predicted octanol–water partition coefficient (Wildman–Crippen LogP) is 1.37. The van der Waals surface area contributed by atoms with Crippen molar-refractivity contribution in [3.8, 4) is 0 Å². The lowest BCUT2D eigenvalue weighted by Gasteiger charge is -2.02. The molecule has 3 heterocycles. The van der Waals surface area contributed by atoms with Crippen molar-refractivity contribution in [2.45, 2.75) is 10.1 Å². The van der Waals surface area contributed by atoms with Crippen molar-refractivity contribution < 1.29 is 5.21 Å². The van der Waals surface area contributed by atoms with Crippen molar-refractivity contribution in [2.75, 3.05) is 0 Å². The number of amidine groups is 1. The summed E-state index contributed by atoms with van der Waals surface area (Å²) in [7, 11) is 0. The van der Waals surface area contributed by atoms with Gasteiger partial charge < -0.3 is 10.9 Å². The molecule has 20 heavy (non-hydrogen) atoms. The third-order valence-electron chi connectivity index (χ3n) is 2.59. The van der Waals surface area contributed by atoms with Gasteiger partial charge in [0.25, 0.3) is 0 Å². The number of hydrogen-bond acceptors (Lipinski definition) is 6. The van der Waals surface area contributed by atoms with E-state index in [0.717, 1.165) is 15.7 Å². The van der Waals surface area contributed by atoms with Crippen LogP contribution in [0, 0.1) is 0 Å². The highest BCUT2D eigenvalue weighted by atomic mass is 32.2. The molecule has 0 bridgehead atoms. The molecule has 0 unspecified atom stereocenters. The Kier molecular flexibility index (Phi) is 3.21. The summed E-state index contributed by atoms with van der Waals surface area (Å²) < 4.78 is 1.88. The number of aromatic nitrogens is 4. The third kappa shape index (κ3) is 2.28. The summed E-state index contributed by atoms with van der Waals surface area (Å²) in [6.07, 6.45) is 3.49. The van der Waals surface area contributed by atoms with Gasteiger partial charge in [-0.15, -0.1) is 10.2 Å². The highest BCUT2D eigenvalue weighted by Crippen LogP contribution is 2.26. The van der Waals surface area contributed by atoms with E-state index in [4.69, 9.17) is 10.9 Å². The first-order valence-corrected chi connectivity index (χ1v) is 6.51. The van der Waals surface area contributed by atoms with Gasteiger partial charge in [0.15, 0.2) is 16.6 Å². The fraction of sp³-hybridized carbons (Fsp3) is 0. The Morgan fingerprint density at radius 3 is 3.05 bits per heavy atom. The van der Waals surface area contributed by atoms with Gasteiger partial charge in [-0.25, -0.2) is 0 Å². The van der Waals surface area contributed by atoms with Crippen LogP contribution < -0.4 is 5.73 Å². The molecule has 0 atom stereocenters. The summed E-state index contributed by atoms with van der Waals surface area (Å²) in [5.74, 6) is -0.0291. The topological polar surface area (TPSA) is 102 Å². The maximum absolute atomic E-state index is 8.67. The lowest BCUT2D eigenvalue weighted by molar-refractivity contribution is 0.318. The number of oxime groups is 1. The Morgan fingerprint density at radius 1 is 1.30 bits per heavy atom. The van der Waals surface area contributed by atoms with E-state index in [9.17, 15) is 0 Å². The first kappa shape index (κ1) is 12.4. The summed E-state index contributed by atoms with van der Waals surface area (Å²) in [5, 5.41) is 20.5. The molecule has 7 nitrogen and oxygen atoms in total. The molecule has 0 amide bonds. The zero-order valence-electron chi connectivity index (χ0n) is 10.2. The minimum atomic E-state index is -0.0291. The second kappa shape index (κ2) is 5.17. The zero-order valence-corrected chi connectivity index (χ0v) is 11.0. The summed E-state index contributed by atoms with van der Waals surface area (Å²) >= 11 is 1.42. The second-order valence-corrected chi connectivity index (χ2v) is 4.92. The molecular formula is C12H10N6OS. The van der Waals surface area contributed by atoms with Gasteiger partial charge in [0.1, 0.15) is 5.69 Å². The molecule has 0 fully saturated rings. The smallest absolute Gasteiger partial charge is 0.200 e. The van der Waals surface area contributed by atoms with Crippen molar-refractivity contribution in [2.24, 2.45) is 10.9 Å². The summed E-state index contributed by atoms with van der Waals surface area (Å²) in [6.45, 7) is 0. The fourth-order valence-electron chi connectivity index (χ4n) is 1.66. The molecule has 0 aliphatic rings. The number of pyridine rings is 2. The van der Waals surface area contributed by atoms with Crippen molar-refractivity contribution in [1.82, 2.24) is 19.6 Å². The summed E-state index contributed by atoms with van der Waals surface area (Å²) in [5.41, 5.74) is 6.71. The SMILES string of the molecule is NC(=NO)c1cc(Sc2nnc3ccccn23)ccn1. The monoisotopic (exact) mass is 286 g/mol. The Morgan fingerprint density at radius 2 is 2.20 bits per heavy atom. The molecule has 8 heteroatoms. The largest absolute Gasteiger partial charge is 0.409 e. The Bertz CT molecular complexity index is 784. The van der Waals surface area contributed by atoms with E-state index in [2.05, 4.69) is 20.3 Å². The van der Waals surface area contributed by atoms with E-state index < -0.39 is 0 Å². The molecule has 3 aromatic heterocycles. The van der Waals surface area contributed by atoms with Gasteiger partial charge in [-0.3, -0.25) is 9.38 Å². The molecule has 3 aromatic rings. The van der Waals surface area contributed by atoms with Crippen LogP contribution >= 0.6 is 11.8 Å². The summed E-state index contributed by atoms with van der Waals surface area (Å²) in [6, 6.07) is 9.24. The van der Waals surface area contributed by atoms with Crippen molar-refractivity contribution >= 4 is 23.2 Å². The quantitative estimate of drug-likeness (QED) is 0.326. The van der Waals surface area contributed by atoms with Gasteiger partial charge in [0.05, 0.1) is 0 Å². The van der Waals surface area contributed by atoms with Crippen LogP contribution in [0.5, 0.6) is 0 Å². The lowest BCUT2D eigenvalue weighted by Crippen LogP contribution is -2.14. The van der Waals surface area contributed by atoms with E-state index in [1.807, 2.05) is 34.9 Å². The van der Waals surface area contributed by atoms with Gasteiger partial charge in [-0.1, -0.05) is 11.2 Å². The average molecular weight is 286 g/mol. The summed E-state index contributed by atoms with van der Waals surface area (Å²) in [4.78, 5) is 4.90. The minimum absolute atomic E-state index is 0.0291. The van der Waals surface area contributed by atoms with E-state index in [1.165, 1.54) is 11.8 Å². The van der Waals surface area contributed by atoms with Gasteiger partial charge in [0, 0.05) is 17.3 Å². The fourth-order valence-corrected chi connectivity index (χ4v) is 2.51. The normalized spacial score (nSPS) is 11.9. The number of hydrogen-bond donors (Lipinski definition) is 2.